The number of piperidine rings is 1. The maximum absolute atomic E-state index is 12.1. The highest BCUT2D eigenvalue weighted by atomic mass is 16.5. The molecule has 20 heavy (non-hydrogen) atoms. The Morgan fingerprint density at radius 2 is 2.10 bits per heavy atom. The van der Waals surface area contributed by atoms with Crippen molar-refractivity contribution in [1.29, 1.82) is 0 Å². The normalized spacial score (nSPS) is 25.9. The standard InChI is InChI=1S/C14H20N4O2/c1-20-10-9-17-12-5-8-18(11(12)3-4-13(17)19)14-15-6-2-7-16-14/h2,6-7,11-12H,3-5,8-10H2,1H3/t11-,12+/m1/s1. The van der Waals surface area contributed by atoms with E-state index in [1.807, 2.05) is 11.0 Å². The third-order valence-electron chi connectivity index (χ3n) is 4.23. The molecule has 0 spiro atoms. The number of carbonyl (C=O) groups excluding carboxylic acids is 1. The summed E-state index contributed by atoms with van der Waals surface area (Å²) in [4.78, 5) is 25.0. The van der Waals surface area contributed by atoms with Crippen LogP contribution in [-0.2, 0) is 9.53 Å². The number of anilines is 1. The number of aromatic nitrogens is 2. The second kappa shape index (κ2) is 5.75. The van der Waals surface area contributed by atoms with Crippen LogP contribution in [0.1, 0.15) is 19.3 Å². The smallest absolute Gasteiger partial charge is 0.225 e. The molecule has 2 aliphatic rings. The summed E-state index contributed by atoms with van der Waals surface area (Å²) in [6.07, 6.45) is 6.02. The molecule has 0 radical (unpaired) electrons. The molecule has 0 bridgehead atoms. The minimum atomic E-state index is 0.249. The Morgan fingerprint density at radius 1 is 1.30 bits per heavy atom. The van der Waals surface area contributed by atoms with E-state index in [0.717, 1.165) is 25.3 Å². The molecular weight excluding hydrogens is 256 g/mol. The maximum Gasteiger partial charge on any atom is 0.225 e. The van der Waals surface area contributed by atoms with E-state index >= 15 is 0 Å². The number of hydrogen-bond donors (Lipinski definition) is 0. The number of ether oxygens (including phenoxy) is 1. The summed E-state index contributed by atoms with van der Waals surface area (Å²) in [5.74, 6) is 1.03. The van der Waals surface area contributed by atoms with Crippen molar-refractivity contribution in [1.82, 2.24) is 14.9 Å². The summed E-state index contributed by atoms with van der Waals surface area (Å²) < 4.78 is 5.12. The van der Waals surface area contributed by atoms with E-state index < -0.39 is 0 Å². The molecule has 0 N–H and O–H groups in total. The van der Waals surface area contributed by atoms with Crippen molar-refractivity contribution in [3.8, 4) is 0 Å². The summed E-state index contributed by atoms with van der Waals surface area (Å²) in [6.45, 7) is 2.19. The zero-order chi connectivity index (χ0) is 13.9. The van der Waals surface area contributed by atoms with Crippen LogP contribution in [0.5, 0.6) is 0 Å². The van der Waals surface area contributed by atoms with E-state index in [4.69, 9.17) is 4.74 Å². The molecule has 1 aromatic heterocycles. The van der Waals surface area contributed by atoms with Gasteiger partial charge in [0.1, 0.15) is 0 Å². The van der Waals surface area contributed by atoms with Crippen LogP contribution in [0.4, 0.5) is 5.95 Å². The van der Waals surface area contributed by atoms with Gasteiger partial charge in [0.2, 0.25) is 11.9 Å². The van der Waals surface area contributed by atoms with Crippen molar-refractivity contribution in [2.45, 2.75) is 31.3 Å². The molecule has 1 amide bonds. The monoisotopic (exact) mass is 276 g/mol. The molecule has 2 aliphatic heterocycles. The van der Waals surface area contributed by atoms with Crippen molar-refractivity contribution in [3.05, 3.63) is 18.5 Å². The van der Waals surface area contributed by atoms with Crippen molar-refractivity contribution in [3.63, 3.8) is 0 Å². The lowest BCUT2D eigenvalue weighted by Gasteiger charge is -2.39. The summed E-state index contributed by atoms with van der Waals surface area (Å²) >= 11 is 0. The van der Waals surface area contributed by atoms with Gasteiger partial charge in [-0.25, -0.2) is 9.97 Å². The van der Waals surface area contributed by atoms with Crippen LogP contribution < -0.4 is 4.90 Å². The number of fused-ring (bicyclic) bond motifs is 1. The molecular formula is C14H20N4O2. The first-order chi connectivity index (χ1) is 9.81. The van der Waals surface area contributed by atoms with Crippen LogP contribution in [0.2, 0.25) is 0 Å². The second-order valence-corrected chi connectivity index (χ2v) is 5.28. The highest BCUT2D eigenvalue weighted by Crippen LogP contribution is 2.33. The predicted octanol–water partition coefficient (Wildman–Crippen LogP) is 0.693. The first kappa shape index (κ1) is 13.3. The van der Waals surface area contributed by atoms with E-state index in [-0.39, 0.29) is 11.9 Å². The number of likely N-dealkylation sites (tertiary alicyclic amines) is 1. The van der Waals surface area contributed by atoms with Crippen LogP contribution in [0.25, 0.3) is 0 Å². The van der Waals surface area contributed by atoms with E-state index in [2.05, 4.69) is 14.9 Å². The van der Waals surface area contributed by atoms with Gasteiger partial charge in [0, 0.05) is 39.0 Å². The molecule has 0 saturated carbocycles. The number of rotatable bonds is 4. The maximum atomic E-state index is 12.1. The average molecular weight is 276 g/mol. The lowest BCUT2D eigenvalue weighted by atomic mass is 9.96. The van der Waals surface area contributed by atoms with Crippen LogP contribution in [0, 0.1) is 0 Å². The first-order valence-electron chi connectivity index (χ1n) is 7.13. The molecule has 0 aromatic carbocycles. The lowest BCUT2D eigenvalue weighted by Crippen LogP contribution is -2.53. The third kappa shape index (κ3) is 2.35. The van der Waals surface area contributed by atoms with E-state index in [1.54, 1.807) is 19.5 Å². The lowest BCUT2D eigenvalue weighted by molar-refractivity contribution is -0.137. The fraction of sp³-hybridized carbons (Fsp3) is 0.643. The summed E-state index contributed by atoms with van der Waals surface area (Å²) in [5.41, 5.74) is 0. The number of nitrogens with zero attached hydrogens (tertiary/aromatic N) is 4. The van der Waals surface area contributed by atoms with Crippen molar-refractivity contribution in [2.24, 2.45) is 0 Å². The Hall–Kier alpha value is -1.69. The highest BCUT2D eigenvalue weighted by Gasteiger charge is 2.43. The fourth-order valence-corrected chi connectivity index (χ4v) is 3.32. The molecule has 0 aliphatic carbocycles. The van der Waals surface area contributed by atoms with Crippen LogP contribution >= 0.6 is 0 Å². The quantitative estimate of drug-likeness (QED) is 0.810. The Morgan fingerprint density at radius 3 is 2.85 bits per heavy atom. The molecule has 2 fully saturated rings. The molecule has 0 unspecified atom stereocenters. The molecule has 3 rings (SSSR count). The zero-order valence-corrected chi connectivity index (χ0v) is 11.7. The number of hydrogen-bond acceptors (Lipinski definition) is 5. The van der Waals surface area contributed by atoms with Gasteiger partial charge < -0.3 is 14.5 Å². The van der Waals surface area contributed by atoms with Crippen molar-refractivity contribution in [2.75, 3.05) is 31.7 Å². The van der Waals surface area contributed by atoms with Crippen LogP contribution in [0.15, 0.2) is 18.5 Å². The van der Waals surface area contributed by atoms with E-state index in [1.165, 1.54) is 0 Å². The molecule has 3 heterocycles. The molecule has 6 heteroatoms. The van der Waals surface area contributed by atoms with Crippen molar-refractivity contribution < 1.29 is 9.53 Å². The largest absolute Gasteiger partial charge is 0.383 e. The Labute approximate surface area is 118 Å². The Balaban J connectivity index is 1.77. The number of carbonyl (C=O) groups is 1. The topological polar surface area (TPSA) is 58.6 Å². The van der Waals surface area contributed by atoms with Crippen molar-refractivity contribution >= 4 is 11.9 Å². The van der Waals surface area contributed by atoms with Crippen LogP contribution in [0.3, 0.4) is 0 Å². The Bertz CT molecular complexity index is 468. The van der Waals surface area contributed by atoms with Gasteiger partial charge in [-0.1, -0.05) is 0 Å². The summed E-state index contributed by atoms with van der Waals surface area (Å²) in [7, 11) is 1.67. The number of amides is 1. The van der Waals surface area contributed by atoms with E-state index in [9.17, 15) is 4.79 Å². The fourth-order valence-electron chi connectivity index (χ4n) is 3.32. The van der Waals surface area contributed by atoms with Gasteiger partial charge in [-0.05, 0) is 18.9 Å². The van der Waals surface area contributed by atoms with Gasteiger partial charge in [0.25, 0.3) is 0 Å². The number of methoxy groups -OCH3 is 1. The summed E-state index contributed by atoms with van der Waals surface area (Å²) in [6, 6.07) is 2.44. The Kier molecular flexibility index (Phi) is 3.82. The minimum absolute atomic E-state index is 0.249. The molecule has 6 nitrogen and oxygen atoms in total. The first-order valence-corrected chi connectivity index (χ1v) is 7.13. The molecule has 2 atom stereocenters. The average Bonchev–Trinajstić information content (AvgIpc) is 2.91. The van der Waals surface area contributed by atoms with E-state index in [0.29, 0.717) is 25.6 Å². The second-order valence-electron chi connectivity index (χ2n) is 5.28. The van der Waals surface area contributed by atoms with Gasteiger partial charge in [0.15, 0.2) is 0 Å². The van der Waals surface area contributed by atoms with Gasteiger partial charge in [-0.3, -0.25) is 4.79 Å². The highest BCUT2D eigenvalue weighted by molar-refractivity contribution is 5.78. The van der Waals surface area contributed by atoms with Gasteiger partial charge in [0.05, 0.1) is 18.7 Å². The summed E-state index contributed by atoms with van der Waals surface area (Å²) in [5, 5.41) is 0. The minimum Gasteiger partial charge on any atom is -0.383 e. The van der Waals surface area contributed by atoms with Gasteiger partial charge in [-0.15, -0.1) is 0 Å². The third-order valence-corrected chi connectivity index (χ3v) is 4.23. The molecule has 108 valence electrons. The zero-order valence-electron chi connectivity index (χ0n) is 11.7. The predicted molar refractivity (Wildman–Crippen MR) is 74.4 cm³/mol. The SMILES string of the molecule is COCCN1C(=O)CC[C@@H]2[C@@H]1CCN2c1ncccn1. The molecule has 2 saturated heterocycles. The van der Waals surface area contributed by atoms with Gasteiger partial charge >= 0.3 is 0 Å². The van der Waals surface area contributed by atoms with Gasteiger partial charge in [-0.2, -0.15) is 0 Å². The molecule has 1 aromatic rings. The van der Waals surface area contributed by atoms with Crippen LogP contribution in [-0.4, -0.2) is 59.7 Å².